The van der Waals surface area contributed by atoms with E-state index >= 15 is 0 Å². The average Bonchev–Trinajstić information content (AvgIpc) is 3.11. The van der Waals surface area contributed by atoms with Crippen molar-refractivity contribution in [1.29, 1.82) is 0 Å². The molecule has 1 fully saturated rings. The van der Waals surface area contributed by atoms with E-state index in [1.54, 1.807) is 63.2 Å². The van der Waals surface area contributed by atoms with Crippen LogP contribution in [0.4, 0.5) is 32.1 Å². The number of aromatic nitrogens is 1. The Hall–Kier alpha value is -4.31. The van der Waals surface area contributed by atoms with E-state index in [1.165, 1.54) is 29.2 Å². The molecule has 0 bridgehead atoms. The Kier molecular flexibility index (Phi) is 8.27. The minimum atomic E-state index is -0.798. The molecule has 3 aromatic rings. The van der Waals surface area contributed by atoms with Crippen LogP contribution in [-0.2, 0) is 20.8 Å². The average molecular weight is 575 g/mol. The Labute approximate surface area is 244 Å². The molecule has 1 aliphatic carbocycles. The fraction of sp³-hybridized carbons (Fsp3) is 0.375. The molecule has 0 radical (unpaired) electrons. The summed E-state index contributed by atoms with van der Waals surface area (Å²) in [6.45, 7) is 5.44. The highest BCUT2D eigenvalue weighted by atomic mass is 19.1. The van der Waals surface area contributed by atoms with Gasteiger partial charge in [-0.15, -0.1) is 0 Å². The van der Waals surface area contributed by atoms with Crippen LogP contribution in [0, 0.1) is 11.7 Å². The first-order valence-electron chi connectivity index (χ1n) is 14.1. The maximum absolute atomic E-state index is 14.3. The second kappa shape index (κ2) is 11.9. The number of amides is 3. The van der Waals surface area contributed by atoms with E-state index in [4.69, 9.17) is 9.47 Å². The Morgan fingerprint density at radius 2 is 1.71 bits per heavy atom. The van der Waals surface area contributed by atoms with Crippen LogP contribution in [0.3, 0.4) is 0 Å². The van der Waals surface area contributed by atoms with Gasteiger partial charge >= 0.3 is 6.09 Å². The van der Waals surface area contributed by atoms with Crippen molar-refractivity contribution in [1.82, 2.24) is 4.98 Å². The summed E-state index contributed by atoms with van der Waals surface area (Å²) in [5.74, 6) is -1.15. The van der Waals surface area contributed by atoms with Gasteiger partial charge in [-0.25, -0.2) is 19.1 Å². The molecule has 0 atom stereocenters. The van der Waals surface area contributed by atoms with E-state index in [0.717, 1.165) is 12.8 Å². The van der Waals surface area contributed by atoms with Crippen molar-refractivity contribution in [3.8, 4) is 0 Å². The number of pyridine rings is 1. The van der Waals surface area contributed by atoms with Crippen molar-refractivity contribution in [2.75, 3.05) is 22.2 Å². The largest absolute Gasteiger partial charge is 0.443 e. The summed E-state index contributed by atoms with van der Waals surface area (Å²) in [4.78, 5) is 48.6. The van der Waals surface area contributed by atoms with Gasteiger partial charge in [-0.05, 0) is 82.9 Å². The fourth-order valence-corrected chi connectivity index (χ4v) is 5.41. The van der Waals surface area contributed by atoms with E-state index in [1.807, 2.05) is 6.07 Å². The van der Waals surface area contributed by atoms with Crippen LogP contribution in [0.2, 0.25) is 0 Å². The normalized spacial score (nSPS) is 18.4. The summed E-state index contributed by atoms with van der Waals surface area (Å²) in [5, 5.41) is 2.60. The molecule has 1 aromatic heterocycles. The molecule has 0 spiro atoms. The van der Waals surface area contributed by atoms with Gasteiger partial charge in [0, 0.05) is 30.4 Å². The van der Waals surface area contributed by atoms with Crippen molar-refractivity contribution in [3.63, 3.8) is 0 Å². The number of nitrogens with zero attached hydrogens (tertiary/aromatic N) is 3. The van der Waals surface area contributed by atoms with Crippen LogP contribution in [0.25, 0.3) is 0 Å². The van der Waals surface area contributed by atoms with Gasteiger partial charge in [-0.3, -0.25) is 9.59 Å². The molecule has 9 nitrogen and oxygen atoms in total. The summed E-state index contributed by atoms with van der Waals surface area (Å²) in [6.07, 6.45) is 3.88. The number of carbonyl (C=O) groups is 3. The first kappa shape index (κ1) is 29.2. The molecule has 1 aliphatic heterocycles. The molecule has 2 aromatic carbocycles. The van der Waals surface area contributed by atoms with Gasteiger partial charge in [0.25, 0.3) is 5.91 Å². The molecule has 5 rings (SSSR count). The highest BCUT2D eigenvalue weighted by Gasteiger charge is 2.38. The van der Waals surface area contributed by atoms with Crippen LogP contribution in [0.1, 0.15) is 62.4 Å². The number of hydrogen-bond donors (Lipinski definition) is 1. The van der Waals surface area contributed by atoms with Crippen LogP contribution in [-0.4, -0.2) is 41.7 Å². The highest BCUT2D eigenvalue weighted by molar-refractivity contribution is 6.10. The Morgan fingerprint density at radius 1 is 0.976 bits per heavy atom. The summed E-state index contributed by atoms with van der Waals surface area (Å²) >= 11 is 0. The van der Waals surface area contributed by atoms with Crippen LogP contribution in [0.5, 0.6) is 0 Å². The second-order valence-corrected chi connectivity index (χ2v) is 11.6. The first-order chi connectivity index (χ1) is 20.1. The number of benzene rings is 2. The summed E-state index contributed by atoms with van der Waals surface area (Å²) < 4.78 is 25.6. The quantitative estimate of drug-likeness (QED) is 0.377. The third-order valence-corrected chi connectivity index (χ3v) is 7.50. The van der Waals surface area contributed by atoms with Gasteiger partial charge in [0.2, 0.25) is 5.91 Å². The standard InChI is InChI=1S/C32H35FN4O5/c1-32(2,3)42-31(40)37-26-16-13-21(29(38)35-25-10-6-5-9-24(25)33)18-27(26)36(19-22-8-7-17-34-28(22)37)30(39)20-11-14-23(41-4)15-12-20/h5-10,13,16-18,20,23H,11-12,14-15,19H2,1-4H3,(H,35,38). The SMILES string of the molecule is COC1CCC(C(=O)N2Cc3cccnc3N(C(=O)OC(C)(C)C)c3ccc(C(=O)Nc4ccccc4F)cc32)CC1. The zero-order chi connectivity index (χ0) is 30.0. The van der Waals surface area contributed by atoms with Crippen molar-refractivity contribution in [3.05, 3.63) is 77.7 Å². The van der Waals surface area contributed by atoms with Crippen molar-refractivity contribution >= 4 is 40.8 Å². The lowest BCUT2D eigenvalue weighted by molar-refractivity contribution is -0.124. The molecule has 1 saturated carbocycles. The maximum Gasteiger partial charge on any atom is 0.420 e. The van der Waals surface area contributed by atoms with Gasteiger partial charge < -0.3 is 19.7 Å². The lowest BCUT2D eigenvalue weighted by Gasteiger charge is -2.32. The maximum atomic E-state index is 14.3. The van der Waals surface area contributed by atoms with E-state index < -0.39 is 23.4 Å². The van der Waals surface area contributed by atoms with Crippen molar-refractivity contribution in [2.24, 2.45) is 5.92 Å². The predicted molar refractivity (Wildman–Crippen MR) is 157 cm³/mol. The van der Waals surface area contributed by atoms with Gasteiger partial charge in [-0.1, -0.05) is 18.2 Å². The van der Waals surface area contributed by atoms with Gasteiger partial charge in [0.1, 0.15) is 17.2 Å². The molecule has 2 heterocycles. The van der Waals surface area contributed by atoms with E-state index in [2.05, 4.69) is 10.3 Å². The van der Waals surface area contributed by atoms with E-state index in [0.29, 0.717) is 35.6 Å². The summed E-state index contributed by atoms with van der Waals surface area (Å²) in [5.41, 5.74) is 0.791. The third-order valence-electron chi connectivity index (χ3n) is 7.50. The molecule has 42 heavy (non-hydrogen) atoms. The molecular formula is C32H35FN4O5. The topological polar surface area (TPSA) is 101 Å². The van der Waals surface area contributed by atoms with Crippen LogP contribution >= 0.6 is 0 Å². The van der Waals surface area contributed by atoms with Crippen LogP contribution in [0.15, 0.2) is 60.8 Å². The summed E-state index contributed by atoms with van der Waals surface area (Å²) in [6, 6.07) is 14.2. The smallest absolute Gasteiger partial charge is 0.420 e. The molecule has 220 valence electrons. The van der Waals surface area contributed by atoms with Gasteiger partial charge in [0.15, 0.2) is 0 Å². The molecule has 1 N–H and O–H groups in total. The number of nitrogens with one attached hydrogen (secondary N) is 1. The van der Waals surface area contributed by atoms with Crippen LogP contribution < -0.4 is 15.1 Å². The van der Waals surface area contributed by atoms with E-state index in [9.17, 15) is 18.8 Å². The Bertz CT molecular complexity index is 1500. The van der Waals surface area contributed by atoms with Gasteiger partial charge in [0.05, 0.1) is 29.7 Å². The van der Waals surface area contributed by atoms with E-state index in [-0.39, 0.29) is 35.7 Å². The minimum absolute atomic E-state index is 0.0345. The Balaban J connectivity index is 1.60. The van der Waals surface area contributed by atoms with Crippen molar-refractivity contribution < 1.29 is 28.2 Å². The molecule has 3 amide bonds. The second-order valence-electron chi connectivity index (χ2n) is 11.6. The number of methoxy groups -OCH3 is 1. The number of rotatable bonds is 4. The lowest BCUT2D eigenvalue weighted by Crippen LogP contribution is -2.38. The number of fused-ring (bicyclic) bond motifs is 2. The molecule has 2 aliphatic rings. The monoisotopic (exact) mass is 574 g/mol. The van der Waals surface area contributed by atoms with Crippen molar-refractivity contribution in [2.45, 2.75) is 64.7 Å². The third kappa shape index (κ3) is 6.13. The number of hydrogen-bond acceptors (Lipinski definition) is 6. The van der Waals surface area contributed by atoms with Gasteiger partial charge in [-0.2, -0.15) is 0 Å². The zero-order valence-corrected chi connectivity index (χ0v) is 24.2. The number of anilines is 4. The zero-order valence-electron chi connectivity index (χ0n) is 24.2. The minimum Gasteiger partial charge on any atom is -0.443 e. The molecule has 0 saturated heterocycles. The molecule has 0 unspecified atom stereocenters. The summed E-state index contributed by atoms with van der Waals surface area (Å²) in [7, 11) is 1.68. The Morgan fingerprint density at radius 3 is 2.40 bits per heavy atom. The number of halogens is 1. The first-order valence-corrected chi connectivity index (χ1v) is 14.1. The number of para-hydroxylation sites is 1. The fourth-order valence-electron chi connectivity index (χ4n) is 5.41. The lowest BCUT2D eigenvalue weighted by atomic mass is 9.86. The highest BCUT2D eigenvalue weighted by Crippen LogP contribution is 2.43. The molecule has 10 heteroatoms. The predicted octanol–water partition coefficient (Wildman–Crippen LogP) is 6.60. The number of carbonyl (C=O) groups excluding carboxylic acids is 3. The molecular weight excluding hydrogens is 539 g/mol. The number of ether oxygens (including phenoxy) is 2.